The summed E-state index contributed by atoms with van der Waals surface area (Å²) in [6.45, 7) is 5.10. The predicted molar refractivity (Wildman–Crippen MR) is 55.8 cm³/mol. The van der Waals surface area contributed by atoms with Gasteiger partial charge < -0.3 is 10.2 Å². The Kier molecular flexibility index (Phi) is 3.23. The van der Waals surface area contributed by atoms with Crippen LogP contribution in [0.5, 0.6) is 0 Å². The molecular formula is C11H22N2. The standard InChI is InChI=1S/C11H22N2/c1-13-7-5-11(9-13)8-12-6-4-10-2-3-10/h10-12H,2-9H2,1H3. The number of nitrogens with one attached hydrogen (secondary N) is 1. The Balaban J connectivity index is 1.47. The average molecular weight is 182 g/mol. The lowest BCUT2D eigenvalue weighted by molar-refractivity contribution is 0.387. The highest BCUT2D eigenvalue weighted by Crippen LogP contribution is 2.31. The minimum Gasteiger partial charge on any atom is -0.316 e. The SMILES string of the molecule is CN1CCC(CNCCC2CC2)C1. The van der Waals surface area contributed by atoms with Crippen molar-refractivity contribution in [2.24, 2.45) is 11.8 Å². The van der Waals surface area contributed by atoms with Gasteiger partial charge in [-0.3, -0.25) is 0 Å². The maximum absolute atomic E-state index is 3.59. The first-order valence-electron chi connectivity index (χ1n) is 5.74. The zero-order chi connectivity index (χ0) is 9.10. The summed E-state index contributed by atoms with van der Waals surface area (Å²) in [4.78, 5) is 2.44. The molecule has 2 fully saturated rings. The van der Waals surface area contributed by atoms with Crippen molar-refractivity contribution < 1.29 is 0 Å². The van der Waals surface area contributed by atoms with Crippen molar-refractivity contribution in [2.45, 2.75) is 25.7 Å². The van der Waals surface area contributed by atoms with Crippen LogP contribution in [-0.4, -0.2) is 38.1 Å². The van der Waals surface area contributed by atoms with E-state index < -0.39 is 0 Å². The lowest BCUT2D eigenvalue weighted by Crippen LogP contribution is -2.26. The molecule has 0 amide bonds. The summed E-state index contributed by atoms with van der Waals surface area (Å²) in [7, 11) is 2.23. The fourth-order valence-corrected chi connectivity index (χ4v) is 2.21. The molecule has 2 heteroatoms. The van der Waals surface area contributed by atoms with Crippen LogP contribution in [0.2, 0.25) is 0 Å². The quantitative estimate of drug-likeness (QED) is 0.645. The Morgan fingerprint density at radius 3 is 2.69 bits per heavy atom. The molecule has 0 bridgehead atoms. The van der Waals surface area contributed by atoms with Crippen LogP contribution < -0.4 is 5.32 Å². The highest BCUT2D eigenvalue weighted by atomic mass is 15.1. The van der Waals surface area contributed by atoms with Gasteiger partial charge in [0.25, 0.3) is 0 Å². The van der Waals surface area contributed by atoms with E-state index in [-0.39, 0.29) is 0 Å². The van der Waals surface area contributed by atoms with Crippen LogP contribution in [0.1, 0.15) is 25.7 Å². The summed E-state index contributed by atoms with van der Waals surface area (Å²) in [6.07, 6.45) is 5.80. The molecule has 0 radical (unpaired) electrons. The maximum atomic E-state index is 3.59. The minimum atomic E-state index is 0.921. The summed E-state index contributed by atoms with van der Waals surface area (Å²) in [5.41, 5.74) is 0. The molecule has 2 nitrogen and oxygen atoms in total. The highest BCUT2D eigenvalue weighted by molar-refractivity contribution is 4.76. The third-order valence-corrected chi connectivity index (χ3v) is 3.35. The van der Waals surface area contributed by atoms with Crippen molar-refractivity contribution in [3.8, 4) is 0 Å². The largest absolute Gasteiger partial charge is 0.316 e. The fourth-order valence-electron chi connectivity index (χ4n) is 2.21. The van der Waals surface area contributed by atoms with Gasteiger partial charge in [0.2, 0.25) is 0 Å². The Morgan fingerprint density at radius 1 is 1.23 bits per heavy atom. The molecule has 2 aliphatic rings. The van der Waals surface area contributed by atoms with Crippen molar-refractivity contribution in [3.05, 3.63) is 0 Å². The molecule has 1 saturated heterocycles. The average Bonchev–Trinajstić information content (AvgIpc) is 2.84. The molecule has 76 valence electrons. The zero-order valence-electron chi connectivity index (χ0n) is 8.76. The van der Waals surface area contributed by atoms with Crippen LogP contribution >= 0.6 is 0 Å². The first-order valence-corrected chi connectivity index (χ1v) is 5.74. The van der Waals surface area contributed by atoms with Crippen LogP contribution in [0, 0.1) is 11.8 Å². The number of hydrogen-bond acceptors (Lipinski definition) is 2. The molecule has 1 aliphatic carbocycles. The van der Waals surface area contributed by atoms with Gasteiger partial charge in [0.1, 0.15) is 0 Å². The molecule has 2 rings (SSSR count). The second-order valence-electron chi connectivity index (χ2n) is 4.85. The number of rotatable bonds is 5. The lowest BCUT2D eigenvalue weighted by Gasteiger charge is -2.11. The molecule has 0 aromatic rings. The van der Waals surface area contributed by atoms with Crippen molar-refractivity contribution in [3.63, 3.8) is 0 Å². The van der Waals surface area contributed by atoms with Crippen LogP contribution in [-0.2, 0) is 0 Å². The van der Waals surface area contributed by atoms with Crippen LogP contribution in [0.3, 0.4) is 0 Å². The second kappa shape index (κ2) is 4.43. The number of nitrogens with zero attached hydrogens (tertiary/aromatic N) is 1. The van der Waals surface area contributed by atoms with Crippen LogP contribution in [0.25, 0.3) is 0 Å². The van der Waals surface area contributed by atoms with Crippen molar-refractivity contribution >= 4 is 0 Å². The first kappa shape index (κ1) is 9.47. The molecule has 0 spiro atoms. The van der Waals surface area contributed by atoms with Crippen molar-refractivity contribution in [2.75, 3.05) is 33.2 Å². The summed E-state index contributed by atoms with van der Waals surface area (Å²) in [5, 5.41) is 3.59. The number of likely N-dealkylation sites (tertiary alicyclic amines) is 1. The van der Waals surface area contributed by atoms with E-state index in [1.165, 1.54) is 51.9 Å². The molecule has 1 saturated carbocycles. The van der Waals surface area contributed by atoms with E-state index in [4.69, 9.17) is 0 Å². The topological polar surface area (TPSA) is 15.3 Å². The normalized spacial score (nSPS) is 29.8. The number of hydrogen-bond donors (Lipinski definition) is 1. The van der Waals surface area contributed by atoms with Gasteiger partial charge in [-0.25, -0.2) is 0 Å². The molecule has 1 aliphatic heterocycles. The molecule has 13 heavy (non-hydrogen) atoms. The smallest absolute Gasteiger partial charge is 0.00192 e. The Labute approximate surface area is 81.7 Å². The summed E-state index contributed by atoms with van der Waals surface area (Å²) < 4.78 is 0. The molecule has 0 aromatic carbocycles. The van der Waals surface area contributed by atoms with Gasteiger partial charge in [-0.1, -0.05) is 12.8 Å². The minimum absolute atomic E-state index is 0.921. The molecule has 1 heterocycles. The van der Waals surface area contributed by atoms with E-state index in [1.807, 2.05) is 0 Å². The van der Waals surface area contributed by atoms with E-state index in [9.17, 15) is 0 Å². The molecule has 1 N–H and O–H groups in total. The summed E-state index contributed by atoms with van der Waals surface area (Å²) in [6, 6.07) is 0. The van der Waals surface area contributed by atoms with E-state index >= 15 is 0 Å². The van der Waals surface area contributed by atoms with Gasteiger partial charge in [0.15, 0.2) is 0 Å². The van der Waals surface area contributed by atoms with Crippen LogP contribution in [0.4, 0.5) is 0 Å². The summed E-state index contributed by atoms with van der Waals surface area (Å²) in [5.74, 6) is 2.00. The Bertz CT molecular complexity index is 154. The third-order valence-electron chi connectivity index (χ3n) is 3.35. The first-order chi connectivity index (χ1) is 6.34. The van der Waals surface area contributed by atoms with Crippen LogP contribution in [0.15, 0.2) is 0 Å². The Hall–Kier alpha value is -0.0800. The van der Waals surface area contributed by atoms with Gasteiger partial charge in [-0.15, -0.1) is 0 Å². The van der Waals surface area contributed by atoms with Gasteiger partial charge in [0, 0.05) is 6.54 Å². The predicted octanol–water partition coefficient (Wildman–Crippen LogP) is 1.33. The highest BCUT2D eigenvalue weighted by Gasteiger charge is 2.21. The molecule has 1 unspecified atom stereocenters. The molecule has 1 atom stereocenters. The van der Waals surface area contributed by atoms with Crippen molar-refractivity contribution in [1.82, 2.24) is 10.2 Å². The van der Waals surface area contributed by atoms with Gasteiger partial charge in [0.05, 0.1) is 0 Å². The third kappa shape index (κ3) is 3.28. The second-order valence-corrected chi connectivity index (χ2v) is 4.85. The van der Waals surface area contributed by atoms with E-state index in [2.05, 4.69) is 17.3 Å². The molecular weight excluding hydrogens is 160 g/mol. The fraction of sp³-hybridized carbons (Fsp3) is 1.00. The van der Waals surface area contributed by atoms with Gasteiger partial charge >= 0.3 is 0 Å². The Morgan fingerprint density at radius 2 is 2.08 bits per heavy atom. The zero-order valence-corrected chi connectivity index (χ0v) is 8.76. The monoisotopic (exact) mass is 182 g/mol. The van der Waals surface area contributed by atoms with Gasteiger partial charge in [-0.2, -0.15) is 0 Å². The summed E-state index contributed by atoms with van der Waals surface area (Å²) >= 11 is 0. The van der Waals surface area contributed by atoms with E-state index in [0.717, 1.165) is 11.8 Å². The lowest BCUT2D eigenvalue weighted by atomic mass is 10.1. The van der Waals surface area contributed by atoms with Crippen molar-refractivity contribution in [1.29, 1.82) is 0 Å². The van der Waals surface area contributed by atoms with Gasteiger partial charge in [-0.05, 0) is 51.4 Å². The van der Waals surface area contributed by atoms with E-state index in [0.29, 0.717) is 0 Å². The van der Waals surface area contributed by atoms with E-state index in [1.54, 1.807) is 0 Å². The molecule has 0 aromatic heterocycles. The maximum Gasteiger partial charge on any atom is 0.00192 e.